The van der Waals surface area contributed by atoms with Gasteiger partial charge in [0.15, 0.2) is 0 Å². The van der Waals surface area contributed by atoms with Crippen LogP contribution in [0.2, 0.25) is 0 Å². The van der Waals surface area contributed by atoms with Crippen LogP contribution in [0, 0.1) is 0 Å². The number of hydrogen-bond donors (Lipinski definition) is 2. The fourth-order valence-corrected chi connectivity index (χ4v) is 2.13. The third-order valence-corrected chi connectivity index (χ3v) is 3.46. The molecule has 0 saturated heterocycles. The molecule has 1 amide bonds. The van der Waals surface area contributed by atoms with Crippen LogP contribution in [0.15, 0.2) is 42.5 Å². The van der Waals surface area contributed by atoms with Crippen LogP contribution < -0.4 is 10.1 Å². The first-order valence-corrected chi connectivity index (χ1v) is 8.10. The van der Waals surface area contributed by atoms with Crippen LogP contribution in [0.3, 0.4) is 0 Å². The minimum absolute atomic E-state index is 0.218. The second kappa shape index (κ2) is 8.45. The van der Waals surface area contributed by atoms with Crippen LogP contribution in [-0.4, -0.2) is 28.6 Å². The van der Waals surface area contributed by atoms with E-state index in [1.807, 2.05) is 18.2 Å². The SMILES string of the molecule is CC(O)CNC(=O)c1cccc(OCc2cccc(C(C)C)n2)c1. The van der Waals surface area contributed by atoms with Crippen LogP contribution in [0.4, 0.5) is 0 Å². The van der Waals surface area contributed by atoms with E-state index in [1.54, 1.807) is 31.2 Å². The number of carbonyl (C=O) groups is 1. The average Bonchev–Trinajstić information content (AvgIpc) is 2.58. The van der Waals surface area contributed by atoms with Crippen LogP contribution in [0.25, 0.3) is 0 Å². The lowest BCUT2D eigenvalue weighted by molar-refractivity contribution is 0.0923. The van der Waals surface area contributed by atoms with E-state index in [0.717, 1.165) is 11.4 Å². The van der Waals surface area contributed by atoms with Gasteiger partial charge in [-0.3, -0.25) is 9.78 Å². The fraction of sp³-hybridized carbons (Fsp3) is 0.368. The third kappa shape index (κ3) is 5.35. The van der Waals surface area contributed by atoms with Crippen LogP contribution >= 0.6 is 0 Å². The summed E-state index contributed by atoms with van der Waals surface area (Å²) in [6.45, 7) is 6.39. The monoisotopic (exact) mass is 328 g/mol. The number of benzene rings is 1. The van der Waals surface area contributed by atoms with Crippen LogP contribution in [0.1, 0.15) is 48.4 Å². The number of ether oxygens (including phenoxy) is 1. The molecule has 1 unspecified atom stereocenters. The molecular weight excluding hydrogens is 304 g/mol. The van der Waals surface area contributed by atoms with Crippen molar-refractivity contribution in [3.05, 3.63) is 59.4 Å². The topological polar surface area (TPSA) is 71.5 Å². The first kappa shape index (κ1) is 17.9. The average molecular weight is 328 g/mol. The van der Waals surface area contributed by atoms with Crippen molar-refractivity contribution < 1.29 is 14.6 Å². The molecule has 0 fully saturated rings. The Balaban J connectivity index is 1.99. The predicted molar refractivity (Wildman–Crippen MR) is 93.1 cm³/mol. The van der Waals surface area contributed by atoms with Crippen molar-refractivity contribution in [3.8, 4) is 5.75 Å². The minimum Gasteiger partial charge on any atom is -0.487 e. The summed E-state index contributed by atoms with van der Waals surface area (Å²) in [6, 6.07) is 12.9. The molecule has 24 heavy (non-hydrogen) atoms. The molecule has 0 spiro atoms. The van der Waals surface area contributed by atoms with Gasteiger partial charge in [-0.1, -0.05) is 26.0 Å². The lowest BCUT2D eigenvalue weighted by Gasteiger charge is -2.10. The lowest BCUT2D eigenvalue weighted by Crippen LogP contribution is -2.30. The Hall–Kier alpha value is -2.40. The van der Waals surface area contributed by atoms with E-state index in [1.165, 1.54) is 0 Å². The molecule has 0 radical (unpaired) electrons. The molecule has 2 N–H and O–H groups in total. The van der Waals surface area contributed by atoms with E-state index in [-0.39, 0.29) is 12.5 Å². The minimum atomic E-state index is -0.576. The molecule has 0 saturated carbocycles. The maximum absolute atomic E-state index is 12.0. The highest BCUT2D eigenvalue weighted by Crippen LogP contribution is 2.16. The van der Waals surface area contributed by atoms with E-state index in [0.29, 0.717) is 23.8 Å². The summed E-state index contributed by atoms with van der Waals surface area (Å²) < 4.78 is 5.75. The number of aromatic nitrogens is 1. The number of aliphatic hydroxyl groups excluding tert-OH is 1. The van der Waals surface area contributed by atoms with E-state index >= 15 is 0 Å². The smallest absolute Gasteiger partial charge is 0.251 e. The van der Waals surface area contributed by atoms with Crippen molar-refractivity contribution in [3.63, 3.8) is 0 Å². The maximum atomic E-state index is 12.0. The number of aliphatic hydroxyl groups is 1. The molecule has 1 atom stereocenters. The van der Waals surface area contributed by atoms with E-state index in [2.05, 4.69) is 24.1 Å². The molecule has 1 heterocycles. The van der Waals surface area contributed by atoms with Crippen LogP contribution in [-0.2, 0) is 6.61 Å². The molecule has 128 valence electrons. The van der Waals surface area contributed by atoms with E-state index in [4.69, 9.17) is 4.74 Å². The number of nitrogens with zero attached hydrogens (tertiary/aromatic N) is 1. The molecule has 5 nitrogen and oxygen atoms in total. The quantitative estimate of drug-likeness (QED) is 0.820. The van der Waals surface area contributed by atoms with Crippen molar-refractivity contribution in [2.24, 2.45) is 0 Å². The number of carbonyl (C=O) groups excluding carboxylic acids is 1. The summed E-state index contributed by atoms with van der Waals surface area (Å²) in [5, 5.41) is 11.9. The van der Waals surface area contributed by atoms with Gasteiger partial charge in [-0.2, -0.15) is 0 Å². The third-order valence-electron chi connectivity index (χ3n) is 3.46. The van der Waals surface area contributed by atoms with Crippen molar-refractivity contribution in [1.29, 1.82) is 0 Å². The lowest BCUT2D eigenvalue weighted by atomic mass is 10.1. The fourth-order valence-electron chi connectivity index (χ4n) is 2.13. The van der Waals surface area contributed by atoms with Gasteiger partial charge in [0.05, 0.1) is 11.8 Å². The van der Waals surface area contributed by atoms with Gasteiger partial charge in [0.1, 0.15) is 12.4 Å². The molecule has 2 aromatic rings. The highest BCUT2D eigenvalue weighted by molar-refractivity contribution is 5.94. The Morgan fingerprint density at radius 3 is 2.67 bits per heavy atom. The Morgan fingerprint density at radius 1 is 1.21 bits per heavy atom. The van der Waals surface area contributed by atoms with Crippen molar-refractivity contribution in [2.45, 2.75) is 39.4 Å². The zero-order valence-corrected chi connectivity index (χ0v) is 14.3. The molecular formula is C19H24N2O3. The molecule has 0 aliphatic heterocycles. The molecule has 1 aromatic heterocycles. The Labute approximate surface area is 142 Å². The first-order chi connectivity index (χ1) is 11.5. The Kier molecular flexibility index (Phi) is 6.32. The summed E-state index contributed by atoms with van der Waals surface area (Å²) in [5.41, 5.74) is 2.38. The number of hydrogen-bond acceptors (Lipinski definition) is 4. The van der Waals surface area contributed by atoms with E-state index < -0.39 is 6.10 Å². The summed E-state index contributed by atoms with van der Waals surface area (Å²) in [7, 11) is 0. The first-order valence-electron chi connectivity index (χ1n) is 8.10. The van der Waals surface area contributed by atoms with Crippen LogP contribution in [0.5, 0.6) is 5.75 Å². The molecule has 0 bridgehead atoms. The molecule has 1 aromatic carbocycles. The largest absolute Gasteiger partial charge is 0.487 e. The van der Waals surface area contributed by atoms with Gasteiger partial charge >= 0.3 is 0 Å². The van der Waals surface area contributed by atoms with Crippen molar-refractivity contribution in [2.75, 3.05) is 6.54 Å². The van der Waals surface area contributed by atoms with E-state index in [9.17, 15) is 9.90 Å². The number of rotatable bonds is 7. The highest BCUT2D eigenvalue weighted by Gasteiger charge is 2.08. The molecule has 0 aliphatic rings. The van der Waals surface area contributed by atoms with Crippen molar-refractivity contribution >= 4 is 5.91 Å². The second-order valence-corrected chi connectivity index (χ2v) is 6.08. The van der Waals surface area contributed by atoms with Crippen molar-refractivity contribution in [1.82, 2.24) is 10.3 Å². The molecule has 0 aliphatic carbocycles. The summed E-state index contributed by atoms with van der Waals surface area (Å²) >= 11 is 0. The Morgan fingerprint density at radius 2 is 1.96 bits per heavy atom. The second-order valence-electron chi connectivity index (χ2n) is 6.08. The normalized spacial score (nSPS) is 12.0. The molecule has 2 rings (SSSR count). The Bertz CT molecular complexity index is 684. The number of nitrogens with one attached hydrogen (secondary N) is 1. The zero-order valence-electron chi connectivity index (χ0n) is 14.3. The number of amides is 1. The highest BCUT2D eigenvalue weighted by atomic mass is 16.5. The van der Waals surface area contributed by atoms with Gasteiger partial charge in [0.25, 0.3) is 5.91 Å². The summed E-state index contributed by atoms with van der Waals surface area (Å²) in [5.74, 6) is 0.739. The maximum Gasteiger partial charge on any atom is 0.251 e. The van der Waals surface area contributed by atoms with Gasteiger partial charge in [0.2, 0.25) is 0 Å². The van der Waals surface area contributed by atoms with Gasteiger partial charge < -0.3 is 15.2 Å². The van der Waals surface area contributed by atoms with Gasteiger partial charge in [-0.25, -0.2) is 0 Å². The predicted octanol–water partition coefficient (Wildman–Crippen LogP) is 2.89. The standard InChI is InChI=1S/C19H24N2O3/c1-13(2)18-9-5-7-16(21-18)12-24-17-8-4-6-15(10-17)19(23)20-11-14(3)22/h4-10,13-14,22H,11-12H2,1-3H3,(H,20,23). The molecule has 5 heteroatoms. The van der Waals surface area contributed by atoms with Gasteiger partial charge in [0, 0.05) is 17.8 Å². The zero-order chi connectivity index (χ0) is 17.5. The summed E-state index contributed by atoms with van der Waals surface area (Å²) in [6.07, 6.45) is -0.576. The summed E-state index contributed by atoms with van der Waals surface area (Å²) in [4.78, 5) is 16.6. The van der Waals surface area contributed by atoms with Gasteiger partial charge in [-0.05, 0) is 43.2 Å². The van der Waals surface area contributed by atoms with Gasteiger partial charge in [-0.15, -0.1) is 0 Å². The number of pyridine rings is 1.